The number of hydrogen-bond acceptors (Lipinski definition) is 10. The van der Waals surface area contributed by atoms with Crippen LogP contribution in [0.2, 0.25) is 0 Å². The van der Waals surface area contributed by atoms with Gasteiger partial charge in [-0.05, 0) is 85.4 Å². The second kappa shape index (κ2) is 17.9. The second-order valence-electron chi connectivity index (χ2n) is 17.3. The molecule has 2 fully saturated rings. The van der Waals surface area contributed by atoms with Crippen molar-refractivity contribution in [3.05, 3.63) is 71.8 Å². The van der Waals surface area contributed by atoms with E-state index in [9.17, 15) is 19.2 Å². The zero-order valence-corrected chi connectivity index (χ0v) is 37.1. The van der Waals surface area contributed by atoms with E-state index < -0.39 is 30.4 Å². The number of methoxy groups -OCH3 is 4. The number of imidazole rings is 1. The number of H-pyrrole nitrogens is 2. The van der Waals surface area contributed by atoms with Gasteiger partial charge in [0.25, 0.3) is 0 Å². The molecule has 5 aromatic rings. The average molecular weight is 864 g/mol. The second-order valence-corrected chi connectivity index (χ2v) is 17.3. The highest BCUT2D eigenvalue weighted by atomic mass is 16.5. The van der Waals surface area contributed by atoms with Gasteiger partial charge in [0.05, 0.1) is 56.4 Å². The van der Waals surface area contributed by atoms with Gasteiger partial charge < -0.3 is 54.1 Å². The van der Waals surface area contributed by atoms with E-state index in [4.69, 9.17) is 28.7 Å². The van der Waals surface area contributed by atoms with Crippen LogP contribution in [0.25, 0.3) is 44.1 Å². The van der Waals surface area contributed by atoms with Gasteiger partial charge in [0, 0.05) is 54.8 Å². The Morgan fingerprint density at radius 1 is 0.857 bits per heavy atom. The number of rotatable bonds is 12. The van der Waals surface area contributed by atoms with E-state index >= 15 is 0 Å². The highest BCUT2D eigenvalue weighted by Crippen LogP contribution is 2.44. The fourth-order valence-corrected chi connectivity index (χ4v) is 9.62. The molecule has 5 heterocycles. The summed E-state index contributed by atoms with van der Waals surface area (Å²) in [4.78, 5) is 68.1. The van der Waals surface area contributed by atoms with Crippen molar-refractivity contribution < 1.29 is 42.9 Å². The van der Waals surface area contributed by atoms with Gasteiger partial charge >= 0.3 is 12.2 Å². The minimum atomic E-state index is -0.960. The van der Waals surface area contributed by atoms with Crippen molar-refractivity contribution in [1.29, 1.82) is 0 Å². The molecule has 334 valence electrons. The molecule has 4 N–H and O–H groups in total. The number of aromatic nitrogens is 3. The first-order chi connectivity index (χ1) is 30.3. The van der Waals surface area contributed by atoms with E-state index in [1.54, 1.807) is 25.1 Å². The number of fused-ring (bicyclic) bond motifs is 6. The molecule has 0 bridgehead atoms. The normalized spacial score (nSPS) is 20.8. The van der Waals surface area contributed by atoms with Gasteiger partial charge in [0.1, 0.15) is 30.3 Å². The number of carbonyl (C=O) groups is 4. The number of nitrogens with one attached hydrogen (secondary N) is 4. The Hall–Kier alpha value is -6.13. The van der Waals surface area contributed by atoms with Crippen molar-refractivity contribution >= 4 is 45.7 Å². The van der Waals surface area contributed by atoms with Crippen LogP contribution in [0, 0.1) is 11.8 Å². The number of ether oxygens (including phenoxy) is 5. The lowest BCUT2D eigenvalue weighted by Gasteiger charge is -2.33. The van der Waals surface area contributed by atoms with E-state index in [2.05, 4.69) is 76.1 Å². The molecule has 16 heteroatoms. The standard InChI is InChI=1S/C47H57N7O9/c1-24(2)40(51-46(57)61-7)45(56)54-25(3)9-14-37(54)35-18-30-11-10-28-17-34-32-13-12-29(16-31(32)23-63-39(34)19-33(28)42(30)49-35)36-20-48-43(50-36)38-15-27(22-59-5)21-53(38)44(55)41(26(4)60-6)52-47(58)62-8/h10-13,16-20,24-27,37-38,40-41,49H,9,14-15,21-23H2,1-8H3,(H,48,50)(H,51,57)(H,52,58)/t25-,26+,27-,37-,38-,40-,41-/m0/s1. The molecule has 2 saturated heterocycles. The van der Waals surface area contributed by atoms with Crippen LogP contribution in [0.15, 0.2) is 54.7 Å². The van der Waals surface area contributed by atoms with Gasteiger partial charge in [0.15, 0.2) is 0 Å². The summed E-state index contributed by atoms with van der Waals surface area (Å²) in [5, 5.41) is 8.52. The summed E-state index contributed by atoms with van der Waals surface area (Å²) in [7, 11) is 5.69. The monoisotopic (exact) mass is 863 g/mol. The third-order valence-corrected chi connectivity index (χ3v) is 13.0. The molecule has 8 rings (SSSR count). The smallest absolute Gasteiger partial charge is 0.407 e. The number of nitrogens with zero attached hydrogens (tertiary/aromatic N) is 3. The molecule has 63 heavy (non-hydrogen) atoms. The van der Waals surface area contributed by atoms with Gasteiger partial charge in [-0.15, -0.1) is 0 Å². The minimum Gasteiger partial charge on any atom is -0.488 e. The molecular formula is C47H57N7O9. The first kappa shape index (κ1) is 43.5. The average Bonchev–Trinajstić information content (AvgIpc) is 4.11. The summed E-state index contributed by atoms with van der Waals surface area (Å²) in [5.41, 5.74) is 6.77. The highest BCUT2D eigenvalue weighted by molar-refractivity contribution is 6.08. The fourth-order valence-electron chi connectivity index (χ4n) is 9.62. The van der Waals surface area contributed by atoms with E-state index in [1.165, 1.54) is 21.3 Å². The van der Waals surface area contributed by atoms with E-state index in [0.29, 0.717) is 32.0 Å². The molecule has 3 aliphatic rings. The summed E-state index contributed by atoms with van der Waals surface area (Å²) in [6, 6.07) is 14.7. The predicted octanol–water partition coefficient (Wildman–Crippen LogP) is 7.00. The third kappa shape index (κ3) is 8.29. The largest absolute Gasteiger partial charge is 0.488 e. The van der Waals surface area contributed by atoms with E-state index in [1.807, 2.05) is 18.7 Å². The van der Waals surface area contributed by atoms with E-state index in [0.717, 1.165) is 73.9 Å². The molecule has 0 radical (unpaired) electrons. The predicted molar refractivity (Wildman–Crippen MR) is 236 cm³/mol. The van der Waals surface area contributed by atoms with Gasteiger partial charge in [-0.25, -0.2) is 14.6 Å². The maximum absolute atomic E-state index is 14.0. The quantitative estimate of drug-likeness (QED) is 0.102. The fraction of sp³-hybridized carbons (Fsp3) is 0.468. The summed E-state index contributed by atoms with van der Waals surface area (Å²) in [5.74, 6) is 0.962. The Kier molecular flexibility index (Phi) is 12.4. The number of benzene rings is 3. The van der Waals surface area contributed by atoms with Crippen LogP contribution in [0.3, 0.4) is 0 Å². The van der Waals surface area contributed by atoms with Gasteiger partial charge in [-0.2, -0.15) is 0 Å². The maximum atomic E-state index is 14.0. The Balaban J connectivity index is 1.05. The number of alkyl carbamates (subject to hydrolysis) is 2. The maximum Gasteiger partial charge on any atom is 0.407 e. The highest BCUT2D eigenvalue weighted by Gasteiger charge is 2.43. The van der Waals surface area contributed by atoms with E-state index in [-0.39, 0.29) is 41.8 Å². The zero-order valence-electron chi connectivity index (χ0n) is 37.1. The molecule has 3 aliphatic heterocycles. The third-order valence-electron chi connectivity index (χ3n) is 13.0. The Morgan fingerprint density at radius 3 is 2.32 bits per heavy atom. The molecule has 0 aliphatic carbocycles. The topological polar surface area (TPSA) is 189 Å². The Bertz CT molecular complexity index is 2530. The summed E-state index contributed by atoms with van der Waals surface area (Å²) in [6.45, 7) is 8.90. The number of likely N-dealkylation sites (tertiary alicyclic amines) is 2. The number of amides is 4. The van der Waals surface area contributed by atoms with Gasteiger partial charge in [-0.3, -0.25) is 9.59 Å². The molecule has 0 unspecified atom stereocenters. The van der Waals surface area contributed by atoms with Crippen LogP contribution in [0.5, 0.6) is 5.75 Å². The molecule has 2 aromatic heterocycles. The minimum absolute atomic E-state index is 0.00591. The van der Waals surface area contributed by atoms with Gasteiger partial charge in [0.2, 0.25) is 11.8 Å². The number of aromatic amines is 2. The van der Waals surface area contributed by atoms with Crippen molar-refractivity contribution in [1.82, 2.24) is 35.4 Å². The first-order valence-corrected chi connectivity index (χ1v) is 21.6. The van der Waals surface area contributed by atoms with Gasteiger partial charge in [-0.1, -0.05) is 38.1 Å². The first-order valence-electron chi connectivity index (χ1n) is 21.6. The lowest BCUT2D eigenvalue weighted by Crippen LogP contribution is -2.54. The summed E-state index contributed by atoms with van der Waals surface area (Å²) in [6.07, 6.45) is 2.12. The van der Waals surface area contributed by atoms with Crippen LogP contribution in [0.1, 0.15) is 76.1 Å². The number of carbonyl (C=O) groups excluding carboxylic acids is 4. The van der Waals surface area contributed by atoms with Crippen LogP contribution in [-0.2, 0) is 35.1 Å². The summed E-state index contributed by atoms with van der Waals surface area (Å²) < 4.78 is 27.1. The van der Waals surface area contributed by atoms with Crippen molar-refractivity contribution in [2.45, 2.75) is 89.9 Å². The SMILES string of the molecule is COC[C@H]1C[C@@H](c2ncc(-c3ccc4c(c3)COc3cc5c(ccc6cc([C@@H]7CC[C@H](C)N7C(=O)[C@@H](NC(=O)OC)C(C)C)[nH]c65)cc3-4)[nH]2)N(C(=O)[C@@H](NC(=O)OC)[C@@H](C)OC)C1. The Labute approximate surface area is 366 Å². The van der Waals surface area contributed by atoms with Crippen molar-refractivity contribution in [3.8, 4) is 28.1 Å². The molecule has 7 atom stereocenters. The molecule has 4 amide bonds. The lowest BCUT2D eigenvalue weighted by atomic mass is 9.92. The summed E-state index contributed by atoms with van der Waals surface area (Å²) >= 11 is 0. The zero-order chi connectivity index (χ0) is 44.7. The van der Waals surface area contributed by atoms with Crippen LogP contribution in [-0.4, -0.2) is 115 Å². The molecule has 16 nitrogen and oxygen atoms in total. The van der Waals surface area contributed by atoms with Crippen LogP contribution < -0.4 is 15.4 Å². The van der Waals surface area contributed by atoms with Crippen molar-refractivity contribution in [3.63, 3.8) is 0 Å². The molecule has 0 saturated carbocycles. The van der Waals surface area contributed by atoms with Crippen LogP contribution >= 0.6 is 0 Å². The number of hydrogen-bond donors (Lipinski definition) is 4. The van der Waals surface area contributed by atoms with Crippen molar-refractivity contribution in [2.75, 3.05) is 41.6 Å². The van der Waals surface area contributed by atoms with Crippen LogP contribution in [0.4, 0.5) is 9.59 Å². The molecular weight excluding hydrogens is 807 g/mol. The molecule has 0 spiro atoms. The van der Waals surface area contributed by atoms with Crippen molar-refractivity contribution in [2.24, 2.45) is 11.8 Å². The molecule has 3 aromatic carbocycles. The Morgan fingerprint density at radius 2 is 1.60 bits per heavy atom. The lowest BCUT2D eigenvalue weighted by molar-refractivity contribution is -0.138.